The quantitative estimate of drug-likeness (QED) is 0.450. The summed E-state index contributed by atoms with van der Waals surface area (Å²) in [6.07, 6.45) is 9.36. The van der Waals surface area contributed by atoms with E-state index >= 15 is 0 Å². The molecule has 1 aliphatic carbocycles. The van der Waals surface area contributed by atoms with Crippen LogP contribution in [0.25, 0.3) is 0 Å². The molecule has 0 aliphatic heterocycles. The van der Waals surface area contributed by atoms with Crippen molar-refractivity contribution in [1.29, 1.82) is 0 Å². The molecular formula is C9H11Ni-. The maximum atomic E-state index is 3.70. The molecule has 0 heterocycles. The zero-order valence-electron chi connectivity index (χ0n) is 6.04. The molecule has 1 heteroatoms. The van der Waals surface area contributed by atoms with Crippen molar-refractivity contribution in [3.8, 4) is 0 Å². The first kappa shape index (κ1) is 9.58. The second-order valence-electron chi connectivity index (χ2n) is 2.21. The van der Waals surface area contributed by atoms with Crippen LogP contribution in [0.15, 0.2) is 36.5 Å². The summed E-state index contributed by atoms with van der Waals surface area (Å²) in [4.78, 5) is 0. The van der Waals surface area contributed by atoms with Crippen LogP contribution in [-0.4, -0.2) is 0 Å². The van der Waals surface area contributed by atoms with Crippen molar-refractivity contribution in [2.45, 2.75) is 13.3 Å². The summed E-state index contributed by atoms with van der Waals surface area (Å²) in [5.41, 5.74) is 1.39. The summed E-state index contributed by atoms with van der Waals surface area (Å²) in [7, 11) is 0. The zero-order chi connectivity index (χ0) is 6.69. The van der Waals surface area contributed by atoms with E-state index in [-0.39, 0.29) is 16.5 Å². The Morgan fingerprint density at radius 1 is 1.70 bits per heavy atom. The fraction of sp³-hybridized carbons (Fsp3) is 0.222. The van der Waals surface area contributed by atoms with E-state index in [2.05, 4.69) is 31.7 Å². The van der Waals surface area contributed by atoms with E-state index in [1.54, 1.807) is 0 Å². The first-order valence-corrected chi connectivity index (χ1v) is 3.16. The van der Waals surface area contributed by atoms with E-state index in [1.807, 2.05) is 6.08 Å². The van der Waals surface area contributed by atoms with E-state index in [1.165, 1.54) is 11.5 Å². The molecule has 0 bridgehead atoms. The SMILES string of the molecule is C=C[C-](C)C1=CC=CC1.[Ni]. The second-order valence-corrected chi connectivity index (χ2v) is 2.21. The molecule has 58 valence electrons. The third kappa shape index (κ3) is 2.08. The topological polar surface area (TPSA) is 0 Å². The molecule has 0 nitrogen and oxygen atoms in total. The standard InChI is InChI=1S/C9H11.Ni/c1-3-8(2)9-6-4-5-7-9;/h3-6H,1,7H2,2H3;/q-1;. The number of hydrogen-bond acceptors (Lipinski definition) is 0. The molecule has 0 atom stereocenters. The molecule has 0 unspecified atom stereocenters. The first-order chi connectivity index (χ1) is 4.34. The monoisotopic (exact) mass is 177 g/mol. The van der Waals surface area contributed by atoms with E-state index in [9.17, 15) is 0 Å². The average Bonchev–Trinajstić information content (AvgIpc) is 2.37. The van der Waals surface area contributed by atoms with Crippen LogP contribution in [-0.2, 0) is 16.5 Å². The van der Waals surface area contributed by atoms with Crippen molar-refractivity contribution >= 4 is 0 Å². The molecule has 0 aromatic rings. The Kier molecular flexibility index (Phi) is 4.22. The molecule has 0 N–H and O–H groups in total. The van der Waals surface area contributed by atoms with Gasteiger partial charge >= 0.3 is 0 Å². The van der Waals surface area contributed by atoms with Gasteiger partial charge in [-0.05, 0) is 6.42 Å². The fourth-order valence-electron chi connectivity index (χ4n) is 0.871. The molecule has 0 fully saturated rings. The van der Waals surface area contributed by atoms with Gasteiger partial charge in [-0.3, -0.25) is 0 Å². The van der Waals surface area contributed by atoms with Crippen LogP contribution in [0.2, 0.25) is 0 Å². The molecule has 0 aromatic carbocycles. The zero-order valence-corrected chi connectivity index (χ0v) is 7.03. The van der Waals surface area contributed by atoms with Crippen molar-refractivity contribution < 1.29 is 16.5 Å². The van der Waals surface area contributed by atoms with E-state index in [4.69, 9.17) is 0 Å². The molecule has 1 aliphatic rings. The minimum atomic E-state index is 0. The Morgan fingerprint density at radius 2 is 2.40 bits per heavy atom. The van der Waals surface area contributed by atoms with Gasteiger partial charge in [-0.1, -0.05) is 13.0 Å². The van der Waals surface area contributed by atoms with Gasteiger partial charge < -0.3 is 0 Å². The minimum absolute atomic E-state index is 0. The second kappa shape index (κ2) is 4.41. The molecule has 10 heavy (non-hydrogen) atoms. The summed E-state index contributed by atoms with van der Waals surface area (Å²) in [5.74, 6) is 1.29. The molecule has 1 rings (SSSR count). The van der Waals surface area contributed by atoms with Crippen molar-refractivity contribution in [3.63, 3.8) is 0 Å². The van der Waals surface area contributed by atoms with Crippen molar-refractivity contribution in [3.05, 3.63) is 42.4 Å². The van der Waals surface area contributed by atoms with Gasteiger partial charge in [0.1, 0.15) is 0 Å². The predicted molar refractivity (Wildman–Crippen MR) is 41.0 cm³/mol. The van der Waals surface area contributed by atoms with Crippen LogP contribution in [0.5, 0.6) is 0 Å². The average molecular weight is 178 g/mol. The van der Waals surface area contributed by atoms with Gasteiger partial charge in [0.15, 0.2) is 0 Å². The smallest absolute Gasteiger partial charge is 0 e. The Labute approximate surface area is 72.6 Å². The van der Waals surface area contributed by atoms with Crippen LogP contribution >= 0.6 is 0 Å². The summed E-state index contributed by atoms with van der Waals surface area (Å²) < 4.78 is 0. The Balaban J connectivity index is 0.000000810. The summed E-state index contributed by atoms with van der Waals surface area (Å²) >= 11 is 0. The summed E-state index contributed by atoms with van der Waals surface area (Å²) in [6, 6.07) is 0. The maximum Gasteiger partial charge on any atom is 0 e. The maximum absolute atomic E-state index is 3.70. The minimum Gasteiger partial charge on any atom is -0.194 e. The van der Waals surface area contributed by atoms with Crippen LogP contribution in [0.3, 0.4) is 0 Å². The van der Waals surface area contributed by atoms with E-state index in [0.717, 1.165) is 6.42 Å². The number of allylic oxidation sites excluding steroid dienone is 5. The van der Waals surface area contributed by atoms with Gasteiger partial charge in [0, 0.05) is 16.5 Å². The summed E-state index contributed by atoms with van der Waals surface area (Å²) in [5, 5.41) is 0. The molecule has 0 aromatic heterocycles. The van der Waals surface area contributed by atoms with Crippen LogP contribution < -0.4 is 0 Å². The largest absolute Gasteiger partial charge is 0.194 e. The Hall–Kier alpha value is -0.416. The Bertz CT molecular complexity index is 166. The normalized spacial score (nSPS) is 13.9. The van der Waals surface area contributed by atoms with Crippen molar-refractivity contribution in [2.75, 3.05) is 0 Å². The third-order valence-electron chi connectivity index (χ3n) is 1.58. The van der Waals surface area contributed by atoms with Crippen LogP contribution in [0, 0.1) is 5.92 Å². The number of rotatable bonds is 2. The van der Waals surface area contributed by atoms with Gasteiger partial charge in [0.05, 0.1) is 0 Å². The van der Waals surface area contributed by atoms with Gasteiger partial charge in [-0.15, -0.1) is 6.08 Å². The Morgan fingerprint density at radius 3 is 2.80 bits per heavy atom. The van der Waals surface area contributed by atoms with E-state index < -0.39 is 0 Å². The van der Waals surface area contributed by atoms with Gasteiger partial charge in [0.25, 0.3) is 0 Å². The van der Waals surface area contributed by atoms with Crippen molar-refractivity contribution in [2.24, 2.45) is 0 Å². The van der Waals surface area contributed by atoms with Crippen LogP contribution in [0.1, 0.15) is 13.3 Å². The van der Waals surface area contributed by atoms with Crippen molar-refractivity contribution in [1.82, 2.24) is 0 Å². The van der Waals surface area contributed by atoms with E-state index in [0.29, 0.717) is 0 Å². The molecule has 0 amide bonds. The fourth-order valence-corrected chi connectivity index (χ4v) is 0.871. The van der Waals surface area contributed by atoms with Gasteiger partial charge in [0.2, 0.25) is 0 Å². The van der Waals surface area contributed by atoms with Gasteiger partial charge in [-0.25, -0.2) is 0 Å². The molecule has 0 spiro atoms. The summed E-state index contributed by atoms with van der Waals surface area (Å²) in [6.45, 7) is 5.79. The van der Waals surface area contributed by atoms with Gasteiger partial charge in [-0.2, -0.15) is 30.2 Å². The first-order valence-electron chi connectivity index (χ1n) is 3.16. The predicted octanol–water partition coefficient (Wildman–Crippen LogP) is 2.65. The molecular weight excluding hydrogens is 167 g/mol. The number of hydrogen-bond donors (Lipinski definition) is 0. The third-order valence-corrected chi connectivity index (χ3v) is 1.58. The molecule has 0 saturated carbocycles. The van der Waals surface area contributed by atoms with Crippen LogP contribution in [0.4, 0.5) is 0 Å². The molecule has 0 radical (unpaired) electrons. The molecule has 0 saturated heterocycles.